The quantitative estimate of drug-likeness (QED) is 0.349. The fourth-order valence-corrected chi connectivity index (χ4v) is 2.23. The van der Waals surface area contributed by atoms with Crippen LogP contribution in [0, 0.1) is 5.41 Å². The standard InChI is InChI=1S/C16H24ClN3O.HI/c1-2-18-15(20-11-16(12-21)8-9-16)19-10-7-13-3-5-14(17)6-4-13;/h3-6,21H,2,7-12H2,1H3,(H2,18,19,20);1H. The molecule has 0 amide bonds. The Kier molecular flexibility index (Phi) is 8.49. The molecule has 0 radical (unpaired) electrons. The molecule has 0 bridgehead atoms. The summed E-state index contributed by atoms with van der Waals surface area (Å²) in [4.78, 5) is 4.58. The number of guanidine groups is 1. The van der Waals surface area contributed by atoms with Gasteiger partial charge in [0, 0.05) is 23.5 Å². The number of aliphatic hydroxyl groups is 1. The van der Waals surface area contributed by atoms with Crippen LogP contribution >= 0.6 is 35.6 Å². The van der Waals surface area contributed by atoms with E-state index >= 15 is 0 Å². The first kappa shape index (κ1) is 19.5. The van der Waals surface area contributed by atoms with Gasteiger partial charge in [-0.2, -0.15) is 0 Å². The minimum absolute atomic E-state index is 0. The van der Waals surface area contributed by atoms with Crippen molar-refractivity contribution in [3.8, 4) is 0 Å². The van der Waals surface area contributed by atoms with E-state index in [1.165, 1.54) is 5.56 Å². The second-order valence-corrected chi connectivity index (χ2v) is 6.09. The topological polar surface area (TPSA) is 56.7 Å². The Bertz CT molecular complexity index is 475. The van der Waals surface area contributed by atoms with E-state index in [-0.39, 0.29) is 36.0 Å². The Hall–Kier alpha value is -0.530. The molecule has 6 heteroatoms. The highest BCUT2D eigenvalue weighted by molar-refractivity contribution is 14.0. The summed E-state index contributed by atoms with van der Waals surface area (Å²) in [6.07, 6.45) is 3.08. The van der Waals surface area contributed by atoms with Gasteiger partial charge < -0.3 is 15.7 Å². The average molecular weight is 438 g/mol. The summed E-state index contributed by atoms with van der Waals surface area (Å²) >= 11 is 5.88. The first-order chi connectivity index (χ1) is 10.2. The first-order valence-electron chi connectivity index (χ1n) is 7.55. The lowest BCUT2D eigenvalue weighted by Crippen LogP contribution is -2.38. The van der Waals surface area contributed by atoms with Crippen LogP contribution in [0.3, 0.4) is 0 Å². The first-order valence-corrected chi connectivity index (χ1v) is 7.93. The van der Waals surface area contributed by atoms with Crippen molar-refractivity contribution in [3.63, 3.8) is 0 Å². The largest absolute Gasteiger partial charge is 0.396 e. The fourth-order valence-electron chi connectivity index (χ4n) is 2.11. The predicted octanol–water partition coefficient (Wildman–Crippen LogP) is 2.83. The molecule has 0 atom stereocenters. The van der Waals surface area contributed by atoms with Crippen molar-refractivity contribution in [2.24, 2.45) is 10.4 Å². The minimum Gasteiger partial charge on any atom is -0.396 e. The fraction of sp³-hybridized carbons (Fsp3) is 0.562. The monoisotopic (exact) mass is 437 g/mol. The molecule has 1 aliphatic rings. The van der Waals surface area contributed by atoms with Gasteiger partial charge in [-0.05, 0) is 43.9 Å². The molecule has 22 heavy (non-hydrogen) atoms. The highest BCUT2D eigenvalue weighted by Gasteiger charge is 2.41. The van der Waals surface area contributed by atoms with Gasteiger partial charge in [0.15, 0.2) is 5.96 Å². The van der Waals surface area contributed by atoms with Gasteiger partial charge in [0.1, 0.15) is 0 Å². The van der Waals surface area contributed by atoms with Crippen molar-refractivity contribution in [3.05, 3.63) is 34.9 Å². The summed E-state index contributed by atoms with van der Waals surface area (Å²) < 4.78 is 0. The summed E-state index contributed by atoms with van der Waals surface area (Å²) in [7, 11) is 0. The van der Waals surface area contributed by atoms with Gasteiger partial charge in [0.2, 0.25) is 0 Å². The lowest BCUT2D eigenvalue weighted by Gasteiger charge is -2.13. The van der Waals surface area contributed by atoms with E-state index in [9.17, 15) is 5.11 Å². The highest BCUT2D eigenvalue weighted by atomic mass is 127. The number of benzene rings is 1. The van der Waals surface area contributed by atoms with E-state index in [1.807, 2.05) is 24.3 Å². The Balaban J connectivity index is 0.00000242. The molecule has 1 fully saturated rings. The van der Waals surface area contributed by atoms with E-state index in [0.29, 0.717) is 6.54 Å². The minimum atomic E-state index is 0. The molecule has 0 aliphatic heterocycles. The molecule has 124 valence electrons. The summed E-state index contributed by atoms with van der Waals surface area (Å²) in [5.74, 6) is 0.825. The molecule has 1 aromatic carbocycles. The van der Waals surface area contributed by atoms with Crippen molar-refractivity contribution in [2.75, 3.05) is 26.2 Å². The second-order valence-electron chi connectivity index (χ2n) is 5.66. The number of rotatable bonds is 7. The molecule has 0 unspecified atom stereocenters. The van der Waals surface area contributed by atoms with E-state index in [0.717, 1.165) is 43.3 Å². The molecule has 4 nitrogen and oxygen atoms in total. The lowest BCUT2D eigenvalue weighted by molar-refractivity contribution is 0.217. The van der Waals surface area contributed by atoms with Crippen molar-refractivity contribution < 1.29 is 5.11 Å². The van der Waals surface area contributed by atoms with Crippen LogP contribution in [0.15, 0.2) is 29.3 Å². The Labute approximate surface area is 154 Å². The van der Waals surface area contributed by atoms with Crippen molar-refractivity contribution in [1.29, 1.82) is 0 Å². The number of hydrogen-bond donors (Lipinski definition) is 3. The van der Waals surface area contributed by atoms with Gasteiger partial charge in [0.05, 0.1) is 13.2 Å². The Morgan fingerprint density at radius 2 is 1.95 bits per heavy atom. The number of halogens is 2. The smallest absolute Gasteiger partial charge is 0.191 e. The van der Waals surface area contributed by atoms with Crippen LogP contribution in [0.5, 0.6) is 0 Å². The highest BCUT2D eigenvalue weighted by Crippen LogP contribution is 2.45. The third-order valence-corrected chi connectivity index (χ3v) is 4.08. The van der Waals surface area contributed by atoms with E-state index < -0.39 is 0 Å². The zero-order valence-electron chi connectivity index (χ0n) is 12.9. The molecule has 0 aromatic heterocycles. The van der Waals surface area contributed by atoms with Crippen LogP contribution in [-0.4, -0.2) is 37.3 Å². The molecular weight excluding hydrogens is 413 g/mol. The van der Waals surface area contributed by atoms with E-state index in [1.54, 1.807) is 0 Å². The van der Waals surface area contributed by atoms with Gasteiger partial charge in [-0.1, -0.05) is 23.7 Å². The third kappa shape index (κ3) is 6.30. The summed E-state index contributed by atoms with van der Waals surface area (Å²) in [5.41, 5.74) is 1.30. The predicted molar refractivity (Wildman–Crippen MR) is 103 cm³/mol. The summed E-state index contributed by atoms with van der Waals surface area (Å²) in [5, 5.41) is 16.7. The van der Waals surface area contributed by atoms with Gasteiger partial charge in [-0.15, -0.1) is 24.0 Å². The zero-order valence-corrected chi connectivity index (χ0v) is 16.0. The van der Waals surface area contributed by atoms with Gasteiger partial charge in [-0.25, -0.2) is 0 Å². The van der Waals surface area contributed by atoms with Crippen LogP contribution in [0.25, 0.3) is 0 Å². The van der Waals surface area contributed by atoms with Gasteiger partial charge >= 0.3 is 0 Å². The molecule has 2 rings (SSSR count). The number of aliphatic hydroxyl groups excluding tert-OH is 1. The molecule has 1 aliphatic carbocycles. The van der Waals surface area contributed by atoms with Crippen LogP contribution in [0.2, 0.25) is 5.02 Å². The number of nitrogens with one attached hydrogen (secondary N) is 2. The van der Waals surface area contributed by atoms with Gasteiger partial charge in [-0.3, -0.25) is 4.99 Å². The number of hydrogen-bond acceptors (Lipinski definition) is 2. The number of nitrogens with zero attached hydrogens (tertiary/aromatic N) is 1. The average Bonchev–Trinajstić information content (AvgIpc) is 3.27. The second kappa shape index (κ2) is 9.57. The molecule has 1 aromatic rings. The SMILES string of the molecule is CCNC(=NCC1(CO)CC1)NCCc1ccc(Cl)cc1.I. The Morgan fingerprint density at radius 3 is 2.50 bits per heavy atom. The number of aliphatic imine (C=N–C) groups is 1. The zero-order chi connectivity index (χ0) is 15.1. The molecule has 0 heterocycles. The molecule has 0 spiro atoms. The van der Waals surface area contributed by atoms with Crippen LogP contribution in [0.1, 0.15) is 25.3 Å². The van der Waals surface area contributed by atoms with Crippen LogP contribution in [0.4, 0.5) is 0 Å². The lowest BCUT2D eigenvalue weighted by atomic mass is 10.1. The van der Waals surface area contributed by atoms with Crippen LogP contribution < -0.4 is 10.6 Å². The molecule has 1 saturated carbocycles. The van der Waals surface area contributed by atoms with E-state index in [4.69, 9.17) is 11.6 Å². The molecular formula is C16H25ClIN3O. The van der Waals surface area contributed by atoms with Crippen LogP contribution in [-0.2, 0) is 6.42 Å². The van der Waals surface area contributed by atoms with E-state index in [2.05, 4.69) is 22.5 Å². The normalized spacial score (nSPS) is 15.9. The maximum atomic E-state index is 9.33. The maximum Gasteiger partial charge on any atom is 0.191 e. The summed E-state index contributed by atoms with van der Waals surface area (Å²) in [6.45, 7) is 4.63. The van der Waals surface area contributed by atoms with Gasteiger partial charge in [0.25, 0.3) is 0 Å². The molecule has 0 saturated heterocycles. The summed E-state index contributed by atoms with van der Waals surface area (Å²) in [6, 6.07) is 7.90. The molecule has 3 N–H and O–H groups in total. The van der Waals surface area contributed by atoms with Crippen molar-refractivity contribution in [2.45, 2.75) is 26.2 Å². The Morgan fingerprint density at radius 1 is 1.27 bits per heavy atom. The third-order valence-electron chi connectivity index (χ3n) is 3.83. The maximum absolute atomic E-state index is 9.33. The van der Waals surface area contributed by atoms with Crippen molar-refractivity contribution >= 4 is 41.5 Å². The van der Waals surface area contributed by atoms with Crippen molar-refractivity contribution in [1.82, 2.24) is 10.6 Å².